The van der Waals surface area contributed by atoms with E-state index in [-0.39, 0.29) is 17.0 Å². The normalized spacial score (nSPS) is 21.9. The molecule has 1 aliphatic rings. The molecule has 6 nitrogen and oxygen atoms in total. The van der Waals surface area contributed by atoms with Crippen LogP contribution in [0.25, 0.3) is 0 Å². The molecular weight excluding hydrogens is 278 g/mol. The van der Waals surface area contributed by atoms with E-state index in [0.29, 0.717) is 32.4 Å². The first-order valence-electron chi connectivity index (χ1n) is 6.96. The lowest BCUT2D eigenvalue weighted by atomic mass is 9.80. The van der Waals surface area contributed by atoms with Gasteiger partial charge in [-0.3, -0.25) is 0 Å². The van der Waals surface area contributed by atoms with Gasteiger partial charge in [0.05, 0.1) is 5.75 Å². The summed E-state index contributed by atoms with van der Waals surface area (Å²) < 4.78 is 26.1. The maximum Gasteiger partial charge on any atom is 0.214 e. The van der Waals surface area contributed by atoms with Crippen molar-refractivity contribution in [3.05, 3.63) is 0 Å². The molecule has 1 aliphatic heterocycles. The molecule has 0 aromatic heterocycles. The highest BCUT2D eigenvalue weighted by molar-refractivity contribution is 7.89. The van der Waals surface area contributed by atoms with Crippen molar-refractivity contribution in [1.29, 1.82) is 0 Å². The second kappa shape index (κ2) is 5.89. The van der Waals surface area contributed by atoms with Gasteiger partial charge in [0.1, 0.15) is 5.84 Å². The molecule has 0 aromatic carbocycles. The molecule has 0 bridgehead atoms. The fourth-order valence-electron chi connectivity index (χ4n) is 2.20. The van der Waals surface area contributed by atoms with E-state index in [9.17, 15) is 8.42 Å². The zero-order valence-corrected chi connectivity index (χ0v) is 13.7. The maximum absolute atomic E-state index is 12.3. The van der Waals surface area contributed by atoms with Crippen LogP contribution in [0.1, 0.15) is 47.0 Å². The Hall–Kier alpha value is -0.820. The van der Waals surface area contributed by atoms with Crippen LogP contribution < -0.4 is 5.73 Å². The van der Waals surface area contributed by atoms with Crippen LogP contribution in [0.4, 0.5) is 0 Å². The van der Waals surface area contributed by atoms with E-state index in [1.54, 1.807) is 0 Å². The molecule has 0 aromatic rings. The van der Waals surface area contributed by atoms with Crippen molar-refractivity contribution in [3.63, 3.8) is 0 Å². The van der Waals surface area contributed by atoms with Gasteiger partial charge in [-0.15, -0.1) is 0 Å². The lowest BCUT2D eigenvalue weighted by Gasteiger charge is -2.38. The number of oxime groups is 1. The summed E-state index contributed by atoms with van der Waals surface area (Å²) in [7, 11) is -3.21. The first kappa shape index (κ1) is 17.2. The number of sulfonamides is 1. The molecule has 0 aliphatic carbocycles. The minimum absolute atomic E-state index is 0.00530. The molecule has 1 rings (SSSR count). The predicted octanol–water partition coefficient (Wildman–Crippen LogP) is 1.60. The smallest absolute Gasteiger partial charge is 0.214 e. The number of hydrogen-bond acceptors (Lipinski definition) is 4. The van der Waals surface area contributed by atoms with E-state index >= 15 is 0 Å². The molecule has 0 saturated carbocycles. The minimum atomic E-state index is -3.21. The molecule has 0 amide bonds. The Bertz CT molecular complexity index is 458. The molecule has 20 heavy (non-hydrogen) atoms. The van der Waals surface area contributed by atoms with Gasteiger partial charge in [-0.2, -0.15) is 0 Å². The van der Waals surface area contributed by atoms with E-state index in [2.05, 4.69) is 5.16 Å². The average Bonchev–Trinajstić information content (AvgIpc) is 2.35. The number of rotatable bonds is 4. The van der Waals surface area contributed by atoms with Crippen molar-refractivity contribution in [2.75, 3.05) is 18.8 Å². The van der Waals surface area contributed by atoms with Crippen LogP contribution in [-0.2, 0) is 10.0 Å². The second-order valence-corrected chi connectivity index (χ2v) is 9.16. The third kappa shape index (κ3) is 4.34. The van der Waals surface area contributed by atoms with Gasteiger partial charge in [-0.05, 0) is 24.7 Å². The first-order valence-corrected chi connectivity index (χ1v) is 8.57. The van der Waals surface area contributed by atoms with Crippen LogP contribution in [-0.4, -0.2) is 42.6 Å². The quantitative estimate of drug-likeness (QED) is 0.357. The van der Waals surface area contributed by atoms with Gasteiger partial charge >= 0.3 is 0 Å². The van der Waals surface area contributed by atoms with Crippen LogP contribution >= 0.6 is 0 Å². The lowest BCUT2D eigenvalue weighted by Crippen LogP contribution is -2.48. The van der Waals surface area contributed by atoms with Crippen molar-refractivity contribution in [2.24, 2.45) is 21.7 Å². The number of nitrogens with two attached hydrogens (primary N) is 1. The molecular formula is C13H27N3O3S. The molecule has 1 heterocycles. The Labute approximate surface area is 122 Å². The van der Waals surface area contributed by atoms with Gasteiger partial charge in [0.15, 0.2) is 0 Å². The van der Waals surface area contributed by atoms with Crippen LogP contribution in [0.3, 0.4) is 0 Å². The minimum Gasteiger partial charge on any atom is -0.409 e. The van der Waals surface area contributed by atoms with Crippen molar-refractivity contribution in [3.8, 4) is 0 Å². The fourth-order valence-corrected chi connectivity index (χ4v) is 4.07. The summed E-state index contributed by atoms with van der Waals surface area (Å²) in [5.41, 5.74) is 5.28. The van der Waals surface area contributed by atoms with Gasteiger partial charge in [-0.25, -0.2) is 12.7 Å². The summed E-state index contributed by atoms with van der Waals surface area (Å²) in [6.07, 6.45) is 1.80. The molecule has 0 atom stereocenters. The largest absolute Gasteiger partial charge is 0.409 e. The van der Waals surface area contributed by atoms with Crippen molar-refractivity contribution in [2.45, 2.75) is 47.0 Å². The third-order valence-corrected chi connectivity index (χ3v) is 5.93. The summed E-state index contributed by atoms with van der Waals surface area (Å²) in [6, 6.07) is 0. The van der Waals surface area contributed by atoms with Crippen LogP contribution in [0.2, 0.25) is 0 Å². The summed E-state index contributed by atoms with van der Waals surface area (Å²) in [5.74, 6) is 0.362. The average molecular weight is 305 g/mol. The number of amidine groups is 1. The number of hydrogen-bond donors (Lipinski definition) is 2. The predicted molar refractivity (Wildman–Crippen MR) is 80.2 cm³/mol. The van der Waals surface area contributed by atoms with E-state index < -0.39 is 15.4 Å². The lowest BCUT2D eigenvalue weighted by molar-refractivity contribution is 0.229. The third-order valence-electron chi connectivity index (χ3n) is 4.06. The maximum atomic E-state index is 12.3. The summed E-state index contributed by atoms with van der Waals surface area (Å²) in [4.78, 5) is 0. The number of piperidine rings is 1. The Morgan fingerprint density at radius 1 is 1.35 bits per heavy atom. The van der Waals surface area contributed by atoms with Gasteiger partial charge < -0.3 is 10.9 Å². The molecule has 3 N–H and O–H groups in total. The summed E-state index contributed by atoms with van der Waals surface area (Å²) in [5, 5.41) is 11.8. The van der Waals surface area contributed by atoms with Crippen molar-refractivity contribution >= 4 is 15.9 Å². The molecule has 1 saturated heterocycles. The Kier molecular flexibility index (Phi) is 5.08. The Morgan fingerprint density at radius 3 is 2.25 bits per heavy atom. The van der Waals surface area contributed by atoms with Gasteiger partial charge in [0.25, 0.3) is 0 Å². The van der Waals surface area contributed by atoms with Crippen LogP contribution in [0.15, 0.2) is 5.16 Å². The second-order valence-electron chi connectivity index (χ2n) is 7.07. The Balaban J connectivity index is 2.65. The molecule has 118 valence electrons. The molecule has 0 spiro atoms. The highest BCUT2D eigenvalue weighted by atomic mass is 32.2. The Morgan fingerprint density at radius 2 is 1.85 bits per heavy atom. The van der Waals surface area contributed by atoms with E-state index in [0.717, 1.165) is 0 Å². The molecule has 0 unspecified atom stereocenters. The number of nitrogens with zero attached hydrogens (tertiary/aromatic N) is 2. The molecule has 1 fully saturated rings. The van der Waals surface area contributed by atoms with Gasteiger partial charge in [-0.1, -0.05) is 32.9 Å². The fraction of sp³-hybridized carbons (Fsp3) is 0.923. The summed E-state index contributed by atoms with van der Waals surface area (Å²) >= 11 is 0. The van der Waals surface area contributed by atoms with E-state index in [4.69, 9.17) is 10.9 Å². The van der Waals surface area contributed by atoms with Gasteiger partial charge in [0.2, 0.25) is 10.0 Å². The van der Waals surface area contributed by atoms with Crippen molar-refractivity contribution in [1.82, 2.24) is 4.31 Å². The highest BCUT2D eigenvalue weighted by Crippen LogP contribution is 2.32. The monoisotopic (exact) mass is 305 g/mol. The highest BCUT2D eigenvalue weighted by Gasteiger charge is 2.37. The zero-order chi connectivity index (χ0) is 15.6. The topological polar surface area (TPSA) is 96.0 Å². The van der Waals surface area contributed by atoms with E-state index in [1.807, 2.05) is 27.7 Å². The summed E-state index contributed by atoms with van der Waals surface area (Å²) in [6.45, 7) is 8.87. The molecule has 7 heteroatoms. The standard InChI is InChI=1S/C13H27N3O3S/c1-12(2,3)7-10-20(18,19)16-8-5-13(4,6-9-16)11(14)15-17/h17H,5-10H2,1-4H3,(H2,14,15). The molecule has 0 radical (unpaired) electrons. The zero-order valence-electron chi connectivity index (χ0n) is 12.9. The first-order chi connectivity index (χ1) is 9.00. The van der Waals surface area contributed by atoms with Gasteiger partial charge in [0, 0.05) is 18.5 Å². The SMILES string of the molecule is CC(C)(C)CCS(=O)(=O)N1CCC(C)(C(N)=NO)CC1. The van der Waals surface area contributed by atoms with Crippen molar-refractivity contribution < 1.29 is 13.6 Å². The van der Waals surface area contributed by atoms with Crippen LogP contribution in [0.5, 0.6) is 0 Å². The van der Waals surface area contributed by atoms with Crippen LogP contribution in [0, 0.1) is 10.8 Å². The van der Waals surface area contributed by atoms with E-state index in [1.165, 1.54) is 4.31 Å².